The maximum absolute atomic E-state index is 12.6. The van der Waals surface area contributed by atoms with E-state index < -0.39 is 17.8 Å². The fourth-order valence-electron chi connectivity index (χ4n) is 3.05. The van der Waals surface area contributed by atoms with E-state index in [9.17, 15) is 23.2 Å². The van der Waals surface area contributed by atoms with Crippen LogP contribution in [0.3, 0.4) is 0 Å². The van der Waals surface area contributed by atoms with Crippen molar-refractivity contribution in [2.75, 3.05) is 13.1 Å². The van der Waals surface area contributed by atoms with Gasteiger partial charge in [0.05, 0.1) is 22.3 Å². The molecule has 1 aliphatic rings. The third kappa shape index (κ3) is 4.78. The van der Waals surface area contributed by atoms with Gasteiger partial charge in [0.1, 0.15) is 5.75 Å². The molecular formula is C21H16F2N4O4S. The Labute approximate surface area is 184 Å². The van der Waals surface area contributed by atoms with E-state index in [0.29, 0.717) is 11.1 Å². The first kappa shape index (κ1) is 21.5. The first-order valence-electron chi connectivity index (χ1n) is 9.42. The summed E-state index contributed by atoms with van der Waals surface area (Å²) in [6.45, 7) is -2.82. The van der Waals surface area contributed by atoms with Crippen LogP contribution in [-0.2, 0) is 4.79 Å². The summed E-state index contributed by atoms with van der Waals surface area (Å²) in [7, 11) is 0. The lowest BCUT2D eigenvalue weighted by Crippen LogP contribution is -2.37. The Balaban J connectivity index is 1.34. The van der Waals surface area contributed by atoms with Crippen molar-refractivity contribution in [1.82, 2.24) is 20.2 Å². The minimum atomic E-state index is -2.92. The number of halogens is 2. The molecule has 2 N–H and O–H groups in total. The topological polar surface area (TPSA) is 104 Å². The summed E-state index contributed by atoms with van der Waals surface area (Å²) in [6.07, 6.45) is 3.03. The van der Waals surface area contributed by atoms with E-state index in [4.69, 9.17) is 0 Å². The third-order valence-electron chi connectivity index (χ3n) is 4.58. The largest absolute Gasteiger partial charge is 0.435 e. The van der Waals surface area contributed by atoms with Crippen LogP contribution in [0.15, 0.2) is 53.7 Å². The van der Waals surface area contributed by atoms with Gasteiger partial charge in [-0.1, -0.05) is 12.1 Å². The third-order valence-corrected chi connectivity index (χ3v) is 5.49. The van der Waals surface area contributed by atoms with Gasteiger partial charge in [0.15, 0.2) is 0 Å². The van der Waals surface area contributed by atoms with E-state index in [-0.39, 0.29) is 29.7 Å². The van der Waals surface area contributed by atoms with Crippen molar-refractivity contribution in [2.24, 2.45) is 0 Å². The number of carbonyl (C=O) groups excluding carboxylic acids is 3. The van der Waals surface area contributed by atoms with Crippen molar-refractivity contribution in [2.45, 2.75) is 6.61 Å². The molecule has 2 aromatic carbocycles. The highest BCUT2D eigenvalue weighted by molar-refractivity contribution is 8.18. The van der Waals surface area contributed by atoms with Gasteiger partial charge in [-0.2, -0.15) is 8.78 Å². The van der Waals surface area contributed by atoms with Crippen LogP contribution >= 0.6 is 11.8 Å². The molecule has 0 atom stereocenters. The fourth-order valence-corrected chi connectivity index (χ4v) is 3.91. The monoisotopic (exact) mass is 458 g/mol. The Morgan fingerprint density at radius 3 is 2.75 bits per heavy atom. The zero-order chi connectivity index (χ0) is 22.7. The van der Waals surface area contributed by atoms with E-state index in [2.05, 4.69) is 20.0 Å². The van der Waals surface area contributed by atoms with Crippen LogP contribution in [-0.4, -0.2) is 51.6 Å². The molecule has 2 heterocycles. The summed E-state index contributed by atoms with van der Waals surface area (Å²) < 4.78 is 28.7. The van der Waals surface area contributed by atoms with Crippen LogP contribution in [0.5, 0.6) is 5.75 Å². The number of alkyl halides is 2. The molecule has 3 amide bonds. The molecular weight excluding hydrogens is 442 g/mol. The summed E-state index contributed by atoms with van der Waals surface area (Å²) in [6, 6.07) is 10.7. The van der Waals surface area contributed by atoms with Crippen LogP contribution in [0.25, 0.3) is 17.1 Å². The van der Waals surface area contributed by atoms with Gasteiger partial charge in [-0.15, -0.1) is 0 Å². The number of benzene rings is 2. The molecule has 0 unspecified atom stereocenters. The lowest BCUT2D eigenvalue weighted by atomic mass is 10.2. The van der Waals surface area contributed by atoms with E-state index in [1.807, 2.05) is 0 Å². The number of H-pyrrole nitrogens is 1. The highest BCUT2D eigenvalue weighted by Crippen LogP contribution is 2.32. The Hall–Kier alpha value is -3.73. The van der Waals surface area contributed by atoms with Gasteiger partial charge in [0, 0.05) is 18.7 Å². The van der Waals surface area contributed by atoms with Crippen LogP contribution in [0, 0.1) is 0 Å². The number of fused-ring (bicyclic) bond motifs is 1. The molecule has 0 saturated carbocycles. The number of carbonyl (C=O) groups is 3. The van der Waals surface area contributed by atoms with Crippen molar-refractivity contribution in [3.8, 4) is 5.75 Å². The number of hydrogen-bond donors (Lipinski definition) is 2. The van der Waals surface area contributed by atoms with Crippen LogP contribution in [0.2, 0.25) is 0 Å². The summed E-state index contributed by atoms with van der Waals surface area (Å²) in [5.74, 6) is -0.830. The lowest BCUT2D eigenvalue weighted by molar-refractivity contribution is -0.122. The summed E-state index contributed by atoms with van der Waals surface area (Å²) in [4.78, 5) is 45.4. The molecule has 32 heavy (non-hydrogen) atoms. The number of imide groups is 1. The van der Waals surface area contributed by atoms with Crippen LogP contribution in [0.4, 0.5) is 13.6 Å². The zero-order valence-corrected chi connectivity index (χ0v) is 17.2. The maximum Gasteiger partial charge on any atom is 0.387 e. The second-order valence-corrected chi connectivity index (χ2v) is 7.66. The number of aromatic amines is 1. The van der Waals surface area contributed by atoms with Gasteiger partial charge in [-0.3, -0.25) is 19.3 Å². The minimum absolute atomic E-state index is 0.00678. The second-order valence-electron chi connectivity index (χ2n) is 6.67. The van der Waals surface area contributed by atoms with E-state index >= 15 is 0 Å². The number of hydrogen-bond acceptors (Lipinski definition) is 6. The molecule has 0 aliphatic carbocycles. The zero-order valence-electron chi connectivity index (χ0n) is 16.4. The first-order valence-corrected chi connectivity index (χ1v) is 10.2. The van der Waals surface area contributed by atoms with Crippen molar-refractivity contribution in [3.05, 3.63) is 64.8 Å². The van der Waals surface area contributed by atoms with E-state index in [0.717, 1.165) is 27.7 Å². The van der Waals surface area contributed by atoms with Crippen molar-refractivity contribution >= 4 is 45.9 Å². The van der Waals surface area contributed by atoms with Gasteiger partial charge < -0.3 is 15.0 Å². The summed E-state index contributed by atoms with van der Waals surface area (Å²) in [5, 5.41) is 2.24. The number of ether oxygens (including phenoxy) is 1. The Kier molecular flexibility index (Phi) is 6.17. The predicted octanol–water partition coefficient (Wildman–Crippen LogP) is 3.63. The molecule has 1 aromatic heterocycles. The molecule has 1 aliphatic heterocycles. The number of imidazole rings is 1. The smallest absolute Gasteiger partial charge is 0.387 e. The molecule has 1 saturated heterocycles. The molecule has 0 radical (unpaired) electrons. The minimum Gasteiger partial charge on any atom is -0.435 e. The number of rotatable bonds is 7. The number of amides is 3. The molecule has 1 fully saturated rings. The lowest BCUT2D eigenvalue weighted by Gasteiger charge is -2.13. The second kappa shape index (κ2) is 9.18. The number of aromatic nitrogens is 2. The van der Waals surface area contributed by atoms with Gasteiger partial charge in [0.2, 0.25) is 0 Å². The molecule has 4 rings (SSSR count). The van der Waals surface area contributed by atoms with Gasteiger partial charge in [-0.05, 0) is 53.7 Å². The first-order chi connectivity index (χ1) is 15.4. The van der Waals surface area contributed by atoms with Crippen LogP contribution < -0.4 is 10.1 Å². The molecule has 8 nitrogen and oxygen atoms in total. The van der Waals surface area contributed by atoms with Crippen LogP contribution in [0.1, 0.15) is 15.9 Å². The SMILES string of the molecule is O=C(NCCN1C(=O)S/C(=C/c2ccc(OC(F)F)cc2)C1=O)c1ccc2nc[nH]c2c1. The number of nitrogens with one attached hydrogen (secondary N) is 2. The molecule has 3 aromatic rings. The average Bonchev–Trinajstić information content (AvgIpc) is 3.33. The highest BCUT2D eigenvalue weighted by Gasteiger charge is 2.34. The Morgan fingerprint density at radius 1 is 1.22 bits per heavy atom. The van der Waals surface area contributed by atoms with E-state index in [1.54, 1.807) is 18.2 Å². The summed E-state index contributed by atoms with van der Waals surface area (Å²) in [5.41, 5.74) is 2.44. The quantitative estimate of drug-likeness (QED) is 0.524. The molecule has 164 valence electrons. The van der Waals surface area contributed by atoms with Gasteiger partial charge >= 0.3 is 6.61 Å². The Bertz CT molecular complexity index is 1210. The average molecular weight is 458 g/mol. The molecule has 11 heteroatoms. The highest BCUT2D eigenvalue weighted by atomic mass is 32.2. The van der Waals surface area contributed by atoms with Gasteiger partial charge in [0.25, 0.3) is 17.1 Å². The predicted molar refractivity (Wildman–Crippen MR) is 114 cm³/mol. The number of nitrogens with zero attached hydrogens (tertiary/aromatic N) is 2. The van der Waals surface area contributed by atoms with E-state index in [1.165, 1.54) is 36.7 Å². The standard InChI is InChI=1S/C21H16F2N4O4S/c22-20(23)31-14-4-1-12(2-5-14)9-17-19(29)27(21(30)32-17)8-7-24-18(28)13-3-6-15-16(10-13)26-11-25-15/h1-6,9-11,20H,7-8H2,(H,24,28)(H,25,26)/b17-9+. The van der Waals surface area contributed by atoms with Crippen molar-refractivity contribution < 1.29 is 27.9 Å². The molecule has 0 bridgehead atoms. The van der Waals surface area contributed by atoms with Crippen molar-refractivity contribution in [1.29, 1.82) is 0 Å². The normalized spacial score (nSPS) is 15.2. The fraction of sp³-hybridized carbons (Fsp3) is 0.143. The maximum atomic E-state index is 12.6. The molecule has 0 spiro atoms. The summed E-state index contributed by atoms with van der Waals surface area (Å²) >= 11 is 0.773. The van der Waals surface area contributed by atoms with Gasteiger partial charge in [-0.25, -0.2) is 4.98 Å². The Morgan fingerprint density at radius 2 is 2.00 bits per heavy atom. The number of thioether (sulfide) groups is 1. The van der Waals surface area contributed by atoms with Crippen molar-refractivity contribution in [3.63, 3.8) is 0 Å².